The molecule has 1 atom stereocenters. The van der Waals surface area contributed by atoms with E-state index in [-0.39, 0.29) is 5.82 Å². The minimum atomic E-state index is -0.859. The van der Waals surface area contributed by atoms with E-state index in [1.807, 2.05) is 0 Å². The van der Waals surface area contributed by atoms with Crippen LogP contribution in [0.15, 0.2) is 24.7 Å². The van der Waals surface area contributed by atoms with E-state index in [1.54, 1.807) is 23.1 Å². The Kier molecular flexibility index (Phi) is 3.84. The van der Waals surface area contributed by atoms with Gasteiger partial charge in [0.25, 0.3) is 0 Å². The number of anilines is 1. The Morgan fingerprint density at radius 3 is 3.00 bits per heavy atom. The number of aryl methyl sites for hydroxylation is 1. The molecule has 0 aliphatic heterocycles. The Bertz CT molecular complexity index is 541. The molecule has 2 aromatic rings. The number of nitrogens with two attached hydrogens (primary N) is 1. The van der Waals surface area contributed by atoms with Gasteiger partial charge in [-0.3, -0.25) is 4.68 Å². The van der Waals surface area contributed by atoms with Gasteiger partial charge in [-0.1, -0.05) is 18.5 Å². The monoisotopic (exact) mass is 266 g/mol. The van der Waals surface area contributed by atoms with E-state index in [0.717, 1.165) is 13.0 Å². The van der Waals surface area contributed by atoms with Crippen LogP contribution in [0.1, 0.15) is 30.6 Å². The Morgan fingerprint density at radius 1 is 1.50 bits per heavy atom. The van der Waals surface area contributed by atoms with E-state index >= 15 is 0 Å². The molecule has 2 aromatic heterocycles. The lowest BCUT2D eigenvalue weighted by atomic mass is 10.1. The minimum absolute atomic E-state index is 0.273. The molecular weight excluding hydrogens is 252 g/mol. The highest BCUT2D eigenvalue weighted by molar-refractivity contribution is 6.30. The van der Waals surface area contributed by atoms with Crippen LogP contribution >= 0.6 is 11.6 Å². The first-order valence-electron chi connectivity index (χ1n) is 5.73. The zero-order valence-electron chi connectivity index (χ0n) is 10.0. The number of halogens is 1. The van der Waals surface area contributed by atoms with Crippen LogP contribution in [-0.4, -0.2) is 19.9 Å². The molecular formula is C12H15ClN4O. The zero-order chi connectivity index (χ0) is 13.1. The molecule has 18 heavy (non-hydrogen) atoms. The quantitative estimate of drug-likeness (QED) is 0.887. The van der Waals surface area contributed by atoms with Gasteiger partial charge in [0.1, 0.15) is 11.9 Å². The van der Waals surface area contributed by atoms with E-state index in [2.05, 4.69) is 17.0 Å². The van der Waals surface area contributed by atoms with Crippen molar-refractivity contribution in [1.82, 2.24) is 14.8 Å². The summed E-state index contributed by atoms with van der Waals surface area (Å²) in [7, 11) is 0. The van der Waals surface area contributed by atoms with Crippen molar-refractivity contribution in [2.45, 2.75) is 26.0 Å². The van der Waals surface area contributed by atoms with Crippen LogP contribution in [0.4, 0.5) is 5.82 Å². The summed E-state index contributed by atoms with van der Waals surface area (Å²) < 4.78 is 1.78. The Labute approximate surface area is 110 Å². The molecule has 0 aliphatic carbocycles. The normalized spacial score (nSPS) is 12.6. The van der Waals surface area contributed by atoms with Crippen molar-refractivity contribution in [1.29, 1.82) is 0 Å². The summed E-state index contributed by atoms with van der Waals surface area (Å²) in [6.45, 7) is 2.88. The van der Waals surface area contributed by atoms with Crippen LogP contribution in [-0.2, 0) is 6.54 Å². The lowest BCUT2D eigenvalue weighted by molar-refractivity contribution is 0.220. The molecule has 5 nitrogen and oxygen atoms in total. The van der Waals surface area contributed by atoms with Crippen LogP contribution in [0, 0.1) is 0 Å². The number of aromatic nitrogens is 3. The largest absolute Gasteiger partial charge is 0.383 e. The maximum absolute atomic E-state index is 10.2. The molecule has 0 saturated heterocycles. The molecule has 2 rings (SSSR count). The third kappa shape index (κ3) is 2.63. The lowest BCUT2D eigenvalue weighted by Gasteiger charge is -2.11. The molecule has 0 fully saturated rings. The smallest absolute Gasteiger partial charge is 0.129 e. The lowest BCUT2D eigenvalue weighted by Crippen LogP contribution is -2.05. The van der Waals surface area contributed by atoms with E-state index in [9.17, 15) is 5.11 Å². The molecule has 6 heteroatoms. The number of pyridine rings is 1. The van der Waals surface area contributed by atoms with Crippen molar-refractivity contribution in [2.24, 2.45) is 0 Å². The number of hydrogen-bond donors (Lipinski definition) is 2. The second-order valence-electron chi connectivity index (χ2n) is 4.07. The molecule has 0 amide bonds. The number of hydrogen-bond acceptors (Lipinski definition) is 4. The number of aliphatic hydroxyl groups is 1. The SMILES string of the molecule is CCCn1cc(C(O)c2cc(Cl)cnc2N)cn1. The van der Waals surface area contributed by atoms with E-state index < -0.39 is 6.10 Å². The number of nitrogen functional groups attached to an aromatic ring is 1. The molecule has 0 spiro atoms. The maximum atomic E-state index is 10.2. The summed E-state index contributed by atoms with van der Waals surface area (Å²) in [5, 5.41) is 14.9. The van der Waals surface area contributed by atoms with Gasteiger partial charge in [-0.05, 0) is 12.5 Å². The fourth-order valence-electron chi connectivity index (χ4n) is 1.74. The van der Waals surface area contributed by atoms with E-state index in [1.165, 1.54) is 6.20 Å². The van der Waals surface area contributed by atoms with E-state index in [4.69, 9.17) is 17.3 Å². The summed E-state index contributed by atoms with van der Waals surface area (Å²) in [5.41, 5.74) is 6.91. The summed E-state index contributed by atoms with van der Waals surface area (Å²) in [4.78, 5) is 3.93. The fourth-order valence-corrected chi connectivity index (χ4v) is 1.90. The van der Waals surface area contributed by atoms with Crippen LogP contribution in [0.5, 0.6) is 0 Å². The second kappa shape index (κ2) is 5.37. The molecule has 0 aliphatic rings. The van der Waals surface area contributed by atoms with Crippen molar-refractivity contribution in [3.63, 3.8) is 0 Å². The van der Waals surface area contributed by atoms with Gasteiger partial charge in [-0.2, -0.15) is 5.10 Å². The van der Waals surface area contributed by atoms with E-state index in [0.29, 0.717) is 16.1 Å². The second-order valence-corrected chi connectivity index (χ2v) is 4.50. The van der Waals surface area contributed by atoms with Crippen LogP contribution in [0.2, 0.25) is 5.02 Å². The van der Waals surface area contributed by atoms with Crippen LogP contribution < -0.4 is 5.73 Å². The highest BCUT2D eigenvalue weighted by atomic mass is 35.5. The highest BCUT2D eigenvalue weighted by Gasteiger charge is 2.16. The van der Waals surface area contributed by atoms with Gasteiger partial charge >= 0.3 is 0 Å². The number of nitrogens with zero attached hydrogens (tertiary/aromatic N) is 3. The summed E-state index contributed by atoms with van der Waals surface area (Å²) in [5.74, 6) is 0.273. The predicted molar refractivity (Wildman–Crippen MR) is 70.2 cm³/mol. The number of rotatable bonds is 4. The van der Waals surface area contributed by atoms with Crippen molar-refractivity contribution in [3.8, 4) is 0 Å². The van der Waals surface area contributed by atoms with Crippen LogP contribution in [0.3, 0.4) is 0 Å². The molecule has 0 saturated carbocycles. The average molecular weight is 267 g/mol. The molecule has 3 N–H and O–H groups in total. The van der Waals surface area contributed by atoms with Gasteiger partial charge in [0.15, 0.2) is 0 Å². The van der Waals surface area contributed by atoms with Gasteiger partial charge in [0.05, 0.1) is 11.2 Å². The predicted octanol–water partition coefficient (Wildman–Crippen LogP) is 2.01. The third-order valence-corrected chi connectivity index (χ3v) is 2.84. The van der Waals surface area contributed by atoms with Crippen LogP contribution in [0.25, 0.3) is 0 Å². The first-order valence-corrected chi connectivity index (χ1v) is 6.11. The van der Waals surface area contributed by atoms with Crippen molar-refractivity contribution >= 4 is 17.4 Å². The van der Waals surface area contributed by atoms with Gasteiger partial charge in [-0.25, -0.2) is 4.98 Å². The van der Waals surface area contributed by atoms with Gasteiger partial charge in [0.2, 0.25) is 0 Å². The standard InChI is InChI=1S/C12H15ClN4O/c1-2-3-17-7-8(5-16-17)11(18)10-4-9(13)6-15-12(10)14/h4-7,11,18H,2-3H2,1H3,(H2,14,15). The zero-order valence-corrected chi connectivity index (χ0v) is 10.8. The molecule has 0 aromatic carbocycles. The summed E-state index contributed by atoms with van der Waals surface area (Å²) in [6.07, 6.45) is 5.00. The fraction of sp³-hybridized carbons (Fsp3) is 0.333. The van der Waals surface area contributed by atoms with Gasteiger partial charge < -0.3 is 10.8 Å². The van der Waals surface area contributed by atoms with Gasteiger partial charge in [-0.15, -0.1) is 0 Å². The first kappa shape index (κ1) is 12.9. The molecule has 0 radical (unpaired) electrons. The third-order valence-electron chi connectivity index (χ3n) is 2.63. The molecule has 96 valence electrons. The van der Waals surface area contributed by atoms with Crippen molar-refractivity contribution in [3.05, 3.63) is 40.8 Å². The Balaban J connectivity index is 2.29. The molecule has 1 unspecified atom stereocenters. The summed E-state index contributed by atoms with van der Waals surface area (Å²) >= 11 is 5.85. The Morgan fingerprint density at radius 2 is 2.28 bits per heavy atom. The topological polar surface area (TPSA) is 77.0 Å². The van der Waals surface area contributed by atoms with Crippen molar-refractivity contribution in [2.75, 3.05) is 5.73 Å². The summed E-state index contributed by atoms with van der Waals surface area (Å²) in [6, 6.07) is 1.62. The Hall–Kier alpha value is -1.59. The average Bonchev–Trinajstić information content (AvgIpc) is 2.80. The highest BCUT2D eigenvalue weighted by Crippen LogP contribution is 2.27. The molecule has 2 heterocycles. The molecule has 0 bridgehead atoms. The number of aliphatic hydroxyl groups excluding tert-OH is 1. The van der Waals surface area contributed by atoms with Crippen molar-refractivity contribution < 1.29 is 5.11 Å². The first-order chi connectivity index (χ1) is 8.61. The maximum Gasteiger partial charge on any atom is 0.129 e. The minimum Gasteiger partial charge on any atom is -0.383 e. The van der Waals surface area contributed by atoms with Gasteiger partial charge in [0, 0.05) is 30.1 Å².